The van der Waals surface area contributed by atoms with E-state index in [-0.39, 0.29) is 0 Å². The van der Waals surface area contributed by atoms with Crippen molar-refractivity contribution in [2.24, 2.45) is 35.5 Å². The van der Waals surface area contributed by atoms with E-state index in [1.165, 1.54) is 24.8 Å². The zero-order chi connectivity index (χ0) is 14.1. The minimum atomic E-state index is 0.654. The minimum absolute atomic E-state index is 0.654. The van der Waals surface area contributed by atoms with Crippen LogP contribution in [0.1, 0.15) is 56.1 Å². The number of rotatable bonds is 2. The maximum absolute atomic E-state index is 2.56. The summed E-state index contributed by atoms with van der Waals surface area (Å²) < 4.78 is 0. The van der Waals surface area contributed by atoms with Gasteiger partial charge in [-0.25, -0.2) is 0 Å². The standard InChI is InChI=1S/C21H26/c1-12(2)13-4-3-5-14(8-13)18-10-17-11-19(18)21-16-7-6-15(9-16)20(17)21/h3-8,12,15-21H,9-11H2,1-2H3. The van der Waals surface area contributed by atoms with Crippen molar-refractivity contribution in [3.8, 4) is 0 Å². The van der Waals surface area contributed by atoms with E-state index in [9.17, 15) is 0 Å². The van der Waals surface area contributed by atoms with Gasteiger partial charge in [0, 0.05) is 0 Å². The molecular formula is C21H26. The molecule has 0 nitrogen and oxygen atoms in total. The number of benzene rings is 1. The van der Waals surface area contributed by atoms with Crippen molar-refractivity contribution in [1.29, 1.82) is 0 Å². The summed E-state index contributed by atoms with van der Waals surface area (Å²) in [4.78, 5) is 0. The van der Waals surface area contributed by atoms with Gasteiger partial charge in [-0.05, 0) is 77.7 Å². The quantitative estimate of drug-likeness (QED) is 0.504. The second-order valence-corrected chi connectivity index (χ2v) is 8.43. The Morgan fingerprint density at radius 1 is 0.952 bits per heavy atom. The summed E-state index contributed by atoms with van der Waals surface area (Å²) in [6, 6.07) is 9.54. The molecule has 4 aliphatic carbocycles. The largest absolute Gasteiger partial charge is 0.0848 e. The van der Waals surface area contributed by atoms with E-state index in [0.717, 1.165) is 41.4 Å². The van der Waals surface area contributed by atoms with Crippen LogP contribution in [-0.2, 0) is 0 Å². The van der Waals surface area contributed by atoms with Gasteiger partial charge in [0.05, 0.1) is 0 Å². The maximum atomic E-state index is 2.56. The van der Waals surface area contributed by atoms with Gasteiger partial charge in [-0.3, -0.25) is 0 Å². The summed E-state index contributed by atoms with van der Waals surface area (Å²) in [7, 11) is 0. The summed E-state index contributed by atoms with van der Waals surface area (Å²) in [5.41, 5.74) is 3.18. The smallest absolute Gasteiger partial charge is 0.0128 e. The highest BCUT2D eigenvalue weighted by Gasteiger charge is 2.60. The van der Waals surface area contributed by atoms with Crippen LogP contribution in [0.2, 0.25) is 0 Å². The predicted octanol–water partition coefficient (Wildman–Crippen LogP) is 5.37. The summed E-state index contributed by atoms with van der Waals surface area (Å²) >= 11 is 0. The predicted molar refractivity (Wildman–Crippen MR) is 87.2 cm³/mol. The lowest BCUT2D eigenvalue weighted by Crippen LogP contribution is -2.30. The van der Waals surface area contributed by atoms with Crippen LogP contribution in [0.4, 0.5) is 0 Å². The maximum Gasteiger partial charge on any atom is -0.0128 e. The molecule has 0 radical (unpaired) electrons. The van der Waals surface area contributed by atoms with Gasteiger partial charge in [0.2, 0.25) is 0 Å². The molecule has 3 fully saturated rings. The average Bonchev–Trinajstić information content (AvgIpc) is 3.25. The molecule has 4 aliphatic rings. The lowest BCUT2D eigenvalue weighted by molar-refractivity contribution is 0.185. The molecule has 4 bridgehead atoms. The lowest BCUT2D eigenvalue weighted by atomic mass is 9.67. The molecule has 7 unspecified atom stereocenters. The highest BCUT2D eigenvalue weighted by Crippen LogP contribution is 2.68. The van der Waals surface area contributed by atoms with Crippen molar-refractivity contribution >= 4 is 0 Å². The molecule has 0 amide bonds. The number of hydrogen-bond acceptors (Lipinski definition) is 0. The molecule has 3 saturated carbocycles. The van der Waals surface area contributed by atoms with Crippen molar-refractivity contribution in [2.45, 2.75) is 44.9 Å². The summed E-state index contributed by atoms with van der Waals surface area (Å²) in [6.45, 7) is 4.63. The third kappa shape index (κ3) is 1.62. The lowest BCUT2D eigenvalue weighted by Gasteiger charge is -2.37. The summed E-state index contributed by atoms with van der Waals surface area (Å²) in [5, 5.41) is 0. The van der Waals surface area contributed by atoms with Gasteiger partial charge in [-0.15, -0.1) is 0 Å². The molecule has 0 spiro atoms. The molecule has 0 saturated heterocycles. The van der Waals surface area contributed by atoms with E-state index in [0.29, 0.717) is 5.92 Å². The Balaban J connectivity index is 1.48. The fourth-order valence-corrected chi connectivity index (χ4v) is 6.55. The van der Waals surface area contributed by atoms with E-state index in [1.807, 2.05) is 0 Å². The molecule has 0 heterocycles. The van der Waals surface area contributed by atoms with E-state index < -0.39 is 0 Å². The molecular weight excluding hydrogens is 252 g/mol. The molecule has 7 atom stereocenters. The fraction of sp³-hybridized carbons (Fsp3) is 0.619. The van der Waals surface area contributed by atoms with Crippen LogP contribution in [0.5, 0.6) is 0 Å². The molecule has 0 heteroatoms. The first-order chi connectivity index (χ1) is 10.2. The van der Waals surface area contributed by atoms with Gasteiger partial charge in [-0.2, -0.15) is 0 Å². The fourth-order valence-electron chi connectivity index (χ4n) is 6.55. The molecule has 0 N–H and O–H groups in total. The molecule has 0 aromatic heterocycles. The molecule has 1 aromatic carbocycles. The van der Waals surface area contributed by atoms with Gasteiger partial charge < -0.3 is 0 Å². The first-order valence-electron chi connectivity index (χ1n) is 9.00. The van der Waals surface area contributed by atoms with Crippen molar-refractivity contribution in [3.63, 3.8) is 0 Å². The van der Waals surface area contributed by atoms with Crippen molar-refractivity contribution in [1.82, 2.24) is 0 Å². The number of fused-ring (bicyclic) bond motifs is 9. The third-order valence-electron chi connectivity index (χ3n) is 7.28. The highest BCUT2D eigenvalue weighted by atomic mass is 14.6. The summed E-state index contributed by atoms with van der Waals surface area (Å²) in [6.07, 6.45) is 9.61. The number of hydrogen-bond donors (Lipinski definition) is 0. The van der Waals surface area contributed by atoms with Crippen LogP contribution in [0.25, 0.3) is 0 Å². The second-order valence-electron chi connectivity index (χ2n) is 8.43. The topological polar surface area (TPSA) is 0 Å². The molecule has 21 heavy (non-hydrogen) atoms. The normalized spacial score (nSPS) is 45.8. The first kappa shape index (κ1) is 12.5. The Morgan fingerprint density at radius 2 is 1.76 bits per heavy atom. The van der Waals surface area contributed by atoms with Crippen LogP contribution in [-0.4, -0.2) is 0 Å². The van der Waals surface area contributed by atoms with Crippen LogP contribution in [0.15, 0.2) is 36.4 Å². The highest BCUT2D eigenvalue weighted by molar-refractivity contribution is 5.32. The van der Waals surface area contributed by atoms with Crippen LogP contribution >= 0.6 is 0 Å². The summed E-state index contributed by atoms with van der Waals surface area (Å²) in [5.74, 6) is 7.53. The monoisotopic (exact) mass is 278 g/mol. The second kappa shape index (κ2) is 4.24. The minimum Gasteiger partial charge on any atom is -0.0848 e. The zero-order valence-electron chi connectivity index (χ0n) is 13.2. The van der Waals surface area contributed by atoms with E-state index in [4.69, 9.17) is 0 Å². The Labute approximate surface area is 128 Å². The Bertz CT molecular complexity index is 596. The molecule has 110 valence electrons. The Kier molecular flexibility index (Phi) is 2.53. The number of allylic oxidation sites excluding steroid dienone is 2. The van der Waals surface area contributed by atoms with Crippen LogP contribution in [0.3, 0.4) is 0 Å². The van der Waals surface area contributed by atoms with Gasteiger partial charge in [0.15, 0.2) is 0 Å². The third-order valence-corrected chi connectivity index (χ3v) is 7.28. The Hall–Kier alpha value is -1.04. The van der Waals surface area contributed by atoms with Crippen LogP contribution in [0, 0.1) is 35.5 Å². The average molecular weight is 278 g/mol. The van der Waals surface area contributed by atoms with Gasteiger partial charge in [-0.1, -0.05) is 50.3 Å². The van der Waals surface area contributed by atoms with Gasteiger partial charge >= 0.3 is 0 Å². The van der Waals surface area contributed by atoms with E-state index in [2.05, 4.69) is 50.3 Å². The van der Waals surface area contributed by atoms with Crippen LogP contribution < -0.4 is 0 Å². The zero-order valence-corrected chi connectivity index (χ0v) is 13.2. The Morgan fingerprint density at radius 3 is 2.57 bits per heavy atom. The SMILES string of the molecule is CC(C)c1cccc(C2CC3CC2C2C4C=CC(C4)C32)c1. The molecule has 1 aromatic rings. The van der Waals surface area contributed by atoms with Gasteiger partial charge in [0.1, 0.15) is 0 Å². The first-order valence-corrected chi connectivity index (χ1v) is 9.00. The van der Waals surface area contributed by atoms with Crippen molar-refractivity contribution < 1.29 is 0 Å². The van der Waals surface area contributed by atoms with Crippen molar-refractivity contribution in [2.75, 3.05) is 0 Å². The van der Waals surface area contributed by atoms with Crippen molar-refractivity contribution in [3.05, 3.63) is 47.5 Å². The van der Waals surface area contributed by atoms with Gasteiger partial charge in [0.25, 0.3) is 0 Å². The molecule has 0 aliphatic heterocycles. The molecule has 5 rings (SSSR count). The van der Waals surface area contributed by atoms with E-state index >= 15 is 0 Å². The van der Waals surface area contributed by atoms with E-state index in [1.54, 1.807) is 5.56 Å².